The maximum absolute atomic E-state index is 13.9. The van der Waals surface area contributed by atoms with Crippen LogP contribution in [0.2, 0.25) is 0 Å². The number of nitrogens with one attached hydrogen (secondary N) is 1. The third kappa shape index (κ3) is 4.84. The van der Waals surface area contributed by atoms with Crippen LogP contribution in [0.1, 0.15) is 29.2 Å². The molecule has 36 heavy (non-hydrogen) atoms. The molecule has 4 aromatic rings. The van der Waals surface area contributed by atoms with Gasteiger partial charge in [-0.05, 0) is 34.4 Å². The molecule has 0 spiro atoms. The fraction of sp³-hybridized carbons (Fsp3) is 0.214. The van der Waals surface area contributed by atoms with E-state index in [-0.39, 0.29) is 18.9 Å². The van der Waals surface area contributed by atoms with E-state index in [1.54, 1.807) is 11.1 Å². The van der Waals surface area contributed by atoms with E-state index in [1.165, 1.54) is 6.92 Å². The first-order valence-corrected chi connectivity index (χ1v) is 11.8. The third-order valence-electron chi connectivity index (χ3n) is 6.40. The van der Waals surface area contributed by atoms with Crippen LogP contribution in [0.5, 0.6) is 0 Å². The summed E-state index contributed by atoms with van der Waals surface area (Å²) in [5.74, 6) is -0.845. The van der Waals surface area contributed by atoms with Crippen LogP contribution in [0, 0.1) is 0 Å². The number of H-pyrrole nitrogens is 1. The molecule has 0 unspecified atom stereocenters. The van der Waals surface area contributed by atoms with E-state index in [9.17, 15) is 14.4 Å². The Kier molecular flexibility index (Phi) is 6.49. The monoisotopic (exact) mass is 482 g/mol. The van der Waals surface area contributed by atoms with Crippen LogP contribution in [-0.2, 0) is 40.4 Å². The quantitative estimate of drug-likeness (QED) is 0.460. The Morgan fingerprint density at radius 2 is 1.72 bits per heavy atom. The van der Waals surface area contributed by atoms with E-state index in [1.807, 2.05) is 72.8 Å². The van der Waals surface area contributed by atoms with Crippen LogP contribution >= 0.6 is 0 Å². The molecule has 0 saturated heterocycles. The highest BCUT2D eigenvalue weighted by Crippen LogP contribution is 2.28. The molecule has 0 fully saturated rings. The van der Waals surface area contributed by atoms with Crippen molar-refractivity contribution in [3.8, 4) is 0 Å². The van der Waals surface area contributed by atoms with E-state index in [0.717, 1.165) is 38.1 Å². The SMILES string of the molecule is CC(=O)N(C(=O)OCc1ccccc1)[C@@H]1Cc2cc3cn[nH]c3cc2CN(Cc2ccccc2)C1=O. The largest absolute Gasteiger partial charge is 0.444 e. The molecule has 8 nitrogen and oxygen atoms in total. The van der Waals surface area contributed by atoms with Crippen LogP contribution in [0.25, 0.3) is 10.9 Å². The fourth-order valence-electron chi connectivity index (χ4n) is 4.61. The fourth-order valence-corrected chi connectivity index (χ4v) is 4.61. The van der Waals surface area contributed by atoms with Crippen molar-refractivity contribution in [2.24, 2.45) is 0 Å². The van der Waals surface area contributed by atoms with Gasteiger partial charge in [-0.15, -0.1) is 0 Å². The number of ether oxygens (including phenoxy) is 1. The van der Waals surface area contributed by atoms with Gasteiger partial charge in [0.25, 0.3) is 0 Å². The van der Waals surface area contributed by atoms with Crippen molar-refractivity contribution in [3.05, 3.63) is 101 Å². The maximum Gasteiger partial charge on any atom is 0.417 e. The molecule has 5 rings (SSSR count). The molecule has 3 amide bonds. The van der Waals surface area contributed by atoms with Crippen molar-refractivity contribution in [1.82, 2.24) is 20.0 Å². The molecule has 0 bridgehead atoms. The number of rotatable bonds is 5. The number of aromatic amines is 1. The van der Waals surface area contributed by atoms with Crippen molar-refractivity contribution < 1.29 is 19.1 Å². The number of fused-ring (bicyclic) bond motifs is 2. The highest BCUT2D eigenvalue weighted by molar-refractivity contribution is 5.97. The van der Waals surface area contributed by atoms with Crippen LogP contribution in [0.4, 0.5) is 4.79 Å². The van der Waals surface area contributed by atoms with Gasteiger partial charge in [0.15, 0.2) is 0 Å². The number of carbonyl (C=O) groups is 3. The Morgan fingerprint density at radius 3 is 2.42 bits per heavy atom. The molecule has 1 aliphatic heterocycles. The third-order valence-corrected chi connectivity index (χ3v) is 6.40. The second kappa shape index (κ2) is 10.0. The number of hydrogen-bond donors (Lipinski definition) is 1. The minimum atomic E-state index is -1.03. The number of nitrogens with zero attached hydrogens (tertiary/aromatic N) is 3. The van der Waals surface area contributed by atoms with Gasteiger partial charge in [0, 0.05) is 31.8 Å². The van der Waals surface area contributed by atoms with E-state index in [4.69, 9.17) is 4.74 Å². The van der Waals surface area contributed by atoms with Gasteiger partial charge in [-0.2, -0.15) is 5.10 Å². The smallest absolute Gasteiger partial charge is 0.417 e. The lowest BCUT2D eigenvalue weighted by Gasteiger charge is -2.30. The second-order valence-corrected chi connectivity index (χ2v) is 8.91. The Hall–Kier alpha value is -4.46. The summed E-state index contributed by atoms with van der Waals surface area (Å²) in [7, 11) is 0. The standard InChI is InChI=1S/C28H26N4O4/c1-19(33)32(28(35)36-18-21-10-6-3-7-11-21)26-14-22-12-23-15-29-30-25(23)13-24(22)17-31(27(26)34)16-20-8-4-2-5-9-20/h2-13,15,26H,14,16-18H2,1H3,(H,29,30)/t26-/m1/s1. The van der Waals surface area contributed by atoms with Gasteiger partial charge < -0.3 is 9.64 Å². The average molecular weight is 483 g/mol. The Balaban J connectivity index is 1.49. The van der Waals surface area contributed by atoms with Gasteiger partial charge in [-0.3, -0.25) is 14.7 Å². The van der Waals surface area contributed by atoms with Crippen molar-refractivity contribution in [2.45, 2.75) is 39.1 Å². The summed E-state index contributed by atoms with van der Waals surface area (Å²) in [5, 5.41) is 7.99. The molecular weight excluding hydrogens is 456 g/mol. The molecule has 0 aliphatic carbocycles. The number of aromatic nitrogens is 2. The molecule has 182 valence electrons. The lowest BCUT2D eigenvalue weighted by Crippen LogP contribution is -2.52. The van der Waals surface area contributed by atoms with E-state index < -0.39 is 18.0 Å². The van der Waals surface area contributed by atoms with E-state index >= 15 is 0 Å². The number of carbonyl (C=O) groups excluding carboxylic acids is 3. The number of hydrogen-bond acceptors (Lipinski definition) is 5. The van der Waals surface area contributed by atoms with Crippen molar-refractivity contribution in [3.63, 3.8) is 0 Å². The highest BCUT2D eigenvalue weighted by atomic mass is 16.6. The van der Waals surface area contributed by atoms with Crippen molar-refractivity contribution in [2.75, 3.05) is 0 Å². The summed E-state index contributed by atoms with van der Waals surface area (Å²) < 4.78 is 5.47. The predicted octanol–water partition coefficient (Wildman–Crippen LogP) is 4.20. The normalized spacial score (nSPS) is 15.3. The summed E-state index contributed by atoms with van der Waals surface area (Å²) in [4.78, 5) is 42.4. The molecule has 8 heteroatoms. The van der Waals surface area contributed by atoms with Crippen LogP contribution in [0.3, 0.4) is 0 Å². The van der Waals surface area contributed by atoms with Crippen LogP contribution in [0.15, 0.2) is 79.0 Å². The zero-order valence-corrected chi connectivity index (χ0v) is 19.9. The highest BCUT2D eigenvalue weighted by Gasteiger charge is 2.39. The summed E-state index contributed by atoms with van der Waals surface area (Å²) in [5.41, 5.74) is 4.45. The molecule has 0 radical (unpaired) electrons. The predicted molar refractivity (Wildman–Crippen MR) is 133 cm³/mol. The zero-order chi connectivity index (χ0) is 25.1. The molecule has 1 N–H and O–H groups in total. The first-order chi connectivity index (χ1) is 17.5. The van der Waals surface area contributed by atoms with Gasteiger partial charge in [0.05, 0.1) is 11.7 Å². The first kappa shape index (κ1) is 23.3. The van der Waals surface area contributed by atoms with Crippen molar-refractivity contribution in [1.29, 1.82) is 0 Å². The summed E-state index contributed by atoms with van der Waals surface area (Å²) in [6.45, 7) is 1.98. The van der Waals surface area contributed by atoms with Gasteiger partial charge in [0.2, 0.25) is 11.8 Å². The molecule has 1 aromatic heterocycles. The van der Waals surface area contributed by atoms with Gasteiger partial charge in [-0.1, -0.05) is 60.7 Å². The average Bonchev–Trinajstić information content (AvgIpc) is 3.30. The van der Waals surface area contributed by atoms with Crippen LogP contribution in [-0.4, -0.2) is 43.9 Å². The summed E-state index contributed by atoms with van der Waals surface area (Å²) >= 11 is 0. The van der Waals surface area contributed by atoms with Gasteiger partial charge in [-0.25, -0.2) is 9.69 Å². The Morgan fingerprint density at radius 1 is 1.03 bits per heavy atom. The van der Waals surface area contributed by atoms with Gasteiger partial charge >= 0.3 is 6.09 Å². The Labute approximate surface area is 208 Å². The van der Waals surface area contributed by atoms with Crippen LogP contribution < -0.4 is 0 Å². The second-order valence-electron chi connectivity index (χ2n) is 8.91. The summed E-state index contributed by atoms with van der Waals surface area (Å²) in [6, 6.07) is 21.8. The molecule has 2 heterocycles. The minimum absolute atomic E-state index is 0.00429. The minimum Gasteiger partial charge on any atom is -0.444 e. The molecule has 1 atom stereocenters. The number of benzene rings is 3. The summed E-state index contributed by atoms with van der Waals surface area (Å²) in [6.07, 6.45) is 1.08. The maximum atomic E-state index is 13.9. The lowest BCUT2D eigenvalue weighted by molar-refractivity contribution is -0.143. The Bertz CT molecular complexity index is 1400. The number of amides is 3. The lowest BCUT2D eigenvalue weighted by atomic mass is 9.99. The van der Waals surface area contributed by atoms with E-state index in [2.05, 4.69) is 10.2 Å². The molecule has 3 aromatic carbocycles. The molecule has 0 saturated carbocycles. The molecule has 1 aliphatic rings. The first-order valence-electron chi connectivity index (χ1n) is 11.8. The topological polar surface area (TPSA) is 95.6 Å². The molecular formula is C28H26N4O4. The number of imide groups is 1. The van der Waals surface area contributed by atoms with Gasteiger partial charge in [0.1, 0.15) is 12.6 Å². The van der Waals surface area contributed by atoms with Crippen molar-refractivity contribution >= 4 is 28.8 Å². The van der Waals surface area contributed by atoms with E-state index in [0.29, 0.717) is 13.1 Å². The zero-order valence-electron chi connectivity index (χ0n) is 19.9.